The number of aliphatic carboxylic acids is 1. The molecule has 188 valence electrons. The first-order valence-corrected chi connectivity index (χ1v) is 12.4. The Balaban J connectivity index is 1.69. The fourth-order valence-corrected chi connectivity index (χ4v) is 4.52. The van der Waals surface area contributed by atoms with Crippen molar-refractivity contribution >= 4 is 18.0 Å². The number of fused-ring (bicyclic) bond motifs is 3. The molecule has 0 aliphatic heterocycles. The van der Waals surface area contributed by atoms with Gasteiger partial charge in [-0.25, -0.2) is 9.59 Å². The quantitative estimate of drug-likeness (QED) is 0.422. The number of carbonyl (C=O) groups is 3. The van der Waals surface area contributed by atoms with Gasteiger partial charge in [0, 0.05) is 5.92 Å². The van der Waals surface area contributed by atoms with Gasteiger partial charge >= 0.3 is 12.1 Å². The highest BCUT2D eigenvalue weighted by Gasteiger charge is 2.32. The summed E-state index contributed by atoms with van der Waals surface area (Å²) in [7, 11) is 0. The molecule has 3 N–H and O–H groups in total. The molecule has 1 aliphatic carbocycles. The maximum absolute atomic E-state index is 13.0. The summed E-state index contributed by atoms with van der Waals surface area (Å²) >= 11 is 0. The Hall–Kier alpha value is -3.35. The molecule has 0 spiro atoms. The van der Waals surface area contributed by atoms with Gasteiger partial charge in [-0.05, 0) is 40.5 Å². The molecule has 0 heterocycles. The zero-order valence-electron chi connectivity index (χ0n) is 20.9. The number of rotatable bonds is 11. The van der Waals surface area contributed by atoms with Crippen molar-refractivity contribution in [1.29, 1.82) is 0 Å². The summed E-state index contributed by atoms with van der Waals surface area (Å²) in [6, 6.07) is 14.3. The molecule has 0 saturated carbocycles. The molecule has 0 fully saturated rings. The first kappa shape index (κ1) is 26.3. The van der Waals surface area contributed by atoms with Crippen molar-refractivity contribution in [2.45, 2.75) is 65.0 Å². The van der Waals surface area contributed by atoms with E-state index in [1.165, 1.54) is 0 Å². The van der Waals surface area contributed by atoms with E-state index >= 15 is 0 Å². The van der Waals surface area contributed by atoms with Crippen molar-refractivity contribution in [3.63, 3.8) is 0 Å². The Morgan fingerprint density at radius 2 is 1.49 bits per heavy atom. The van der Waals surface area contributed by atoms with Crippen molar-refractivity contribution in [2.75, 3.05) is 6.61 Å². The molecule has 2 aromatic carbocycles. The fraction of sp³-hybridized carbons (Fsp3) is 0.464. The third-order valence-electron chi connectivity index (χ3n) is 7.06. The molecule has 0 saturated heterocycles. The standard InChI is InChI=1S/C28H36N2O5/c1-5-17(3)15-24(26(31)30-25(27(32)33)18(4)6-2)29-28(34)35-16-23-21-13-9-7-11-19(21)20-12-8-10-14-22(20)23/h7-14,17-18,23-25H,5-6,15-16H2,1-4H3,(H,29,34)(H,30,31)(H,32,33). The minimum atomic E-state index is -1.09. The van der Waals surface area contributed by atoms with Crippen molar-refractivity contribution in [2.24, 2.45) is 11.8 Å². The average molecular weight is 481 g/mol. The lowest BCUT2D eigenvalue weighted by molar-refractivity contribution is -0.143. The molecule has 7 nitrogen and oxygen atoms in total. The highest BCUT2D eigenvalue weighted by Crippen LogP contribution is 2.44. The molecular weight excluding hydrogens is 444 g/mol. The van der Waals surface area contributed by atoms with Gasteiger partial charge in [0.2, 0.25) is 5.91 Å². The summed E-state index contributed by atoms with van der Waals surface area (Å²) in [5.74, 6) is -1.76. The molecule has 2 aromatic rings. The van der Waals surface area contributed by atoms with Crippen LogP contribution in [0.2, 0.25) is 0 Å². The van der Waals surface area contributed by atoms with Crippen LogP contribution in [0.15, 0.2) is 48.5 Å². The summed E-state index contributed by atoms with van der Waals surface area (Å²) < 4.78 is 5.61. The van der Waals surface area contributed by atoms with E-state index in [0.717, 1.165) is 28.7 Å². The van der Waals surface area contributed by atoms with E-state index in [1.54, 1.807) is 6.92 Å². The number of nitrogens with one attached hydrogen (secondary N) is 2. The molecule has 0 radical (unpaired) electrons. The van der Waals surface area contributed by atoms with Crippen molar-refractivity contribution in [3.8, 4) is 11.1 Å². The van der Waals surface area contributed by atoms with Crippen molar-refractivity contribution in [1.82, 2.24) is 10.6 Å². The number of amides is 2. The van der Waals surface area contributed by atoms with Crippen LogP contribution in [0.3, 0.4) is 0 Å². The first-order chi connectivity index (χ1) is 16.8. The Kier molecular flexibility index (Phi) is 8.90. The number of alkyl carbamates (subject to hydrolysis) is 1. The van der Waals surface area contributed by atoms with E-state index in [-0.39, 0.29) is 24.4 Å². The molecule has 35 heavy (non-hydrogen) atoms. The van der Waals surface area contributed by atoms with E-state index in [9.17, 15) is 19.5 Å². The van der Waals surface area contributed by atoms with Gasteiger partial charge in [-0.2, -0.15) is 0 Å². The van der Waals surface area contributed by atoms with Gasteiger partial charge in [-0.15, -0.1) is 0 Å². The fourth-order valence-electron chi connectivity index (χ4n) is 4.52. The maximum Gasteiger partial charge on any atom is 0.407 e. The van der Waals surface area contributed by atoms with Crippen LogP contribution < -0.4 is 10.6 Å². The van der Waals surface area contributed by atoms with Crippen LogP contribution in [0.1, 0.15) is 64.0 Å². The predicted molar refractivity (Wildman–Crippen MR) is 135 cm³/mol. The molecule has 1 aliphatic rings. The molecule has 0 bridgehead atoms. The van der Waals surface area contributed by atoms with Gasteiger partial charge < -0.3 is 20.5 Å². The Bertz CT molecular complexity index is 1010. The zero-order chi connectivity index (χ0) is 25.5. The summed E-state index contributed by atoms with van der Waals surface area (Å²) in [4.78, 5) is 37.5. The molecule has 2 amide bonds. The number of hydrogen-bond donors (Lipinski definition) is 3. The van der Waals surface area contributed by atoms with Crippen LogP contribution in [0, 0.1) is 11.8 Å². The summed E-state index contributed by atoms with van der Waals surface area (Å²) in [5.41, 5.74) is 4.48. The van der Waals surface area contributed by atoms with Gasteiger partial charge in [-0.1, -0.05) is 89.1 Å². The van der Waals surface area contributed by atoms with Crippen molar-refractivity contribution < 1.29 is 24.2 Å². The van der Waals surface area contributed by atoms with Gasteiger partial charge in [0.05, 0.1) is 0 Å². The van der Waals surface area contributed by atoms with Crippen LogP contribution in [0.5, 0.6) is 0 Å². The Labute approximate surface area is 207 Å². The van der Waals surface area contributed by atoms with Gasteiger partial charge in [0.25, 0.3) is 0 Å². The SMILES string of the molecule is CCC(C)CC(NC(=O)OCC1c2ccccc2-c2ccccc21)C(=O)NC(C(=O)O)C(C)CC. The highest BCUT2D eigenvalue weighted by molar-refractivity contribution is 5.89. The maximum atomic E-state index is 13.0. The first-order valence-electron chi connectivity index (χ1n) is 12.4. The molecule has 4 unspecified atom stereocenters. The lowest BCUT2D eigenvalue weighted by Crippen LogP contribution is -2.54. The van der Waals surface area contributed by atoms with E-state index in [0.29, 0.717) is 12.8 Å². The minimum absolute atomic E-state index is 0.0863. The second-order valence-corrected chi connectivity index (χ2v) is 9.48. The van der Waals surface area contributed by atoms with Crippen LogP contribution in [0.4, 0.5) is 4.79 Å². The summed E-state index contributed by atoms with van der Waals surface area (Å²) in [6.07, 6.45) is 1.13. The highest BCUT2D eigenvalue weighted by atomic mass is 16.5. The third kappa shape index (κ3) is 6.21. The second kappa shape index (κ2) is 11.9. The molecular formula is C28H36N2O5. The number of ether oxygens (including phenoxy) is 1. The molecule has 4 atom stereocenters. The summed E-state index contributed by atoms with van der Waals surface area (Å²) in [6.45, 7) is 7.79. The van der Waals surface area contributed by atoms with E-state index < -0.39 is 30.1 Å². The van der Waals surface area contributed by atoms with Crippen LogP contribution in [-0.4, -0.2) is 41.8 Å². The van der Waals surface area contributed by atoms with E-state index in [1.807, 2.05) is 57.2 Å². The monoisotopic (exact) mass is 480 g/mol. The van der Waals surface area contributed by atoms with Crippen LogP contribution in [0.25, 0.3) is 11.1 Å². The minimum Gasteiger partial charge on any atom is -0.480 e. The number of benzene rings is 2. The molecule has 0 aromatic heterocycles. The normalized spacial score (nSPS) is 15.8. The van der Waals surface area contributed by atoms with Crippen LogP contribution >= 0.6 is 0 Å². The number of carboxylic acids is 1. The molecule has 7 heteroatoms. The van der Waals surface area contributed by atoms with Gasteiger partial charge in [0.15, 0.2) is 0 Å². The summed E-state index contributed by atoms with van der Waals surface area (Å²) in [5, 5.41) is 14.9. The largest absolute Gasteiger partial charge is 0.480 e. The second-order valence-electron chi connectivity index (χ2n) is 9.48. The smallest absolute Gasteiger partial charge is 0.407 e. The van der Waals surface area contributed by atoms with Crippen LogP contribution in [-0.2, 0) is 14.3 Å². The van der Waals surface area contributed by atoms with E-state index in [2.05, 4.69) is 22.8 Å². The number of carboxylic acid groups (broad SMARTS) is 1. The third-order valence-corrected chi connectivity index (χ3v) is 7.06. The van der Waals surface area contributed by atoms with Gasteiger partial charge in [0.1, 0.15) is 18.7 Å². The predicted octanol–water partition coefficient (Wildman–Crippen LogP) is 4.95. The Morgan fingerprint density at radius 1 is 0.914 bits per heavy atom. The zero-order valence-corrected chi connectivity index (χ0v) is 20.9. The average Bonchev–Trinajstić information content (AvgIpc) is 3.18. The topological polar surface area (TPSA) is 105 Å². The Morgan fingerprint density at radius 3 is 2.00 bits per heavy atom. The van der Waals surface area contributed by atoms with Crippen molar-refractivity contribution in [3.05, 3.63) is 59.7 Å². The molecule has 3 rings (SSSR count). The lowest BCUT2D eigenvalue weighted by atomic mass is 9.96. The number of hydrogen-bond acceptors (Lipinski definition) is 4. The number of carbonyl (C=O) groups excluding carboxylic acids is 2. The lowest BCUT2D eigenvalue weighted by Gasteiger charge is -2.25. The van der Waals surface area contributed by atoms with E-state index in [4.69, 9.17) is 4.74 Å². The van der Waals surface area contributed by atoms with Gasteiger partial charge in [-0.3, -0.25) is 4.79 Å².